The second-order valence-electron chi connectivity index (χ2n) is 8.14. The van der Waals surface area contributed by atoms with E-state index in [1.54, 1.807) is 0 Å². The second-order valence-corrected chi connectivity index (χ2v) is 8.14. The minimum atomic E-state index is 0.00178. The maximum atomic E-state index is 12.2. The first-order chi connectivity index (χ1) is 13.4. The van der Waals surface area contributed by atoms with Gasteiger partial charge in [0.2, 0.25) is 5.91 Å². The van der Waals surface area contributed by atoms with Crippen molar-refractivity contribution in [3.63, 3.8) is 0 Å². The van der Waals surface area contributed by atoms with Crippen molar-refractivity contribution >= 4 is 28.2 Å². The van der Waals surface area contributed by atoms with Crippen LogP contribution in [-0.2, 0) is 24.2 Å². The van der Waals surface area contributed by atoms with Crippen LogP contribution >= 0.6 is 0 Å². The Bertz CT molecular complexity index is 1030. The summed E-state index contributed by atoms with van der Waals surface area (Å²) in [6.45, 7) is 4.65. The number of benzene rings is 2. The van der Waals surface area contributed by atoms with Crippen LogP contribution in [0.15, 0.2) is 42.5 Å². The number of hydrogen-bond donors (Lipinski definition) is 3. The lowest BCUT2D eigenvalue weighted by Crippen LogP contribution is -2.41. The van der Waals surface area contributed by atoms with Crippen LogP contribution in [-0.4, -0.2) is 16.5 Å². The first-order valence-corrected chi connectivity index (χ1v) is 9.96. The van der Waals surface area contributed by atoms with Gasteiger partial charge in [0, 0.05) is 46.5 Å². The van der Waals surface area contributed by atoms with Crippen molar-refractivity contribution < 1.29 is 4.79 Å². The van der Waals surface area contributed by atoms with Crippen LogP contribution in [0.2, 0.25) is 0 Å². The molecular weight excluding hydrogens is 348 g/mol. The van der Waals surface area contributed by atoms with Crippen LogP contribution in [0.5, 0.6) is 0 Å². The molecule has 0 fully saturated rings. The van der Waals surface area contributed by atoms with Gasteiger partial charge in [-0.3, -0.25) is 4.79 Å². The Kier molecular flexibility index (Phi) is 4.75. The van der Waals surface area contributed by atoms with Crippen molar-refractivity contribution in [1.82, 2.24) is 9.88 Å². The Morgan fingerprint density at radius 3 is 2.71 bits per heavy atom. The molecule has 0 spiro atoms. The lowest BCUT2D eigenvalue weighted by molar-refractivity contribution is -0.124. The van der Waals surface area contributed by atoms with Crippen molar-refractivity contribution in [1.29, 1.82) is 0 Å². The molecule has 0 saturated heterocycles. The minimum Gasteiger partial charge on any atom is -0.399 e. The molecule has 1 aliphatic rings. The average molecular weight is 377 g/mol. The van der Waals surface area contributed by atoms with E-state index in [2.05, 4.69) is 28.1 Å². The molecule has 0 saturated carbocycles. The highest BCUT2D eigenvalue weighted by Crippen LogP contribution is 2.34. The molecule has 146 valence electrons. The lowest BCUT2D eigenvalue weighted by atomic mass is 9.91. The normalized spacial score (nSPS) is 16.3. The number of carbonyl (C=O) groups excluding carboxylic acids is 1. The molecule has 1 aromatic heterocycles. The molecule has 5 nitrogen and oxygen atoms in total. The van der Waals surface area contributed by atoms with Gasteiger partial charge in [-0.15, -0.1) is 0 Å². The van der Waals surface area contributed by atoms with Gasteiger partial charge in [-0.1, -0.05) is 26.0 Å². The van der Waals surface area contributed by atoms with Crippen LogP contribution in [0.1, 0.15) is 37.1 Å². The number of amides is 1. The van der Waals surface area contributed by atoms with Gasteiger partial charge in [0.25, 0.3) is 0 Å². The summed E-state index contributed by atoms with van der Waals surface area (Å²) >= 11 is 0. The molecule has 1 heterocycles. The Labute approximate surface area is 165 Å². The molecule has 5 heteroatoms. The van der Waals surface area contributed by atoms with Gasteiger partial charge in [0.05, 0.1) is 0 Å². The predicted octanol–water partition coefficient (Wildman–Crippen LogP) is 3.48. The van der Waals surface area contributed by atoms with Crippen molar-refractivity contribution in [3.05, 3.63) is 59.3 Å². The van der Waals surface area contributed by atoms with Crippen molar-refractivity contribution in [3.8, 4) is 0 Å². The monoisotopic (exact) mass is 376 g/mol. The third-order valence-electron chi connectivity index (χ3n) is 5.65. The molecule has 1 aliphatic carbocycles. The smallest absolute Gasteiger partial charge is 0.222 e. The fourth-order valence-electron chi connectivity index (χ4n) is 4.21. The Morgan fingerprint density at radius 2 is 1.96 bits per heavy atom. The zero-order valence-electron chi connectivity index (χ0n) is 16.5. The number of carbonyl (C=O) groups is 1. The Morgan fingerprint density at radius 1 is 1.18 bits per heavy atom. The third kappa shape index (κ3) is 3.44. The topological polar surface area (TPSA) is 86.1 Å². The molecule has 2 aromatic carbocycles. The van der Waals surface area contributed by atoms with E-state index in [-0.39, 0.29) is 17.9 Å². The standard InChI is InChI=1S/C23H28N4O/c1-14(2)23(28)26-18-7-9-22-20(12-18)19-11-17(25)6-8-21(19)27(22)13-15-4-3-5-16(24)10-15/h3-6,8,10-11,14,18H,7,9,12-13,24-25H2,1-2H3,(H,26,28). The van der Waals surface area contributed by atoms with E-state index in [1.165, 1.54) is 27.7 Å². The van der Waals surface area contributed by atoms with E-state index >= 15 is 0 Å². The van der Waals surface area contributed by atoms with Gasteiger partial charge in [-0.2, -0.15) is 0 Å². The van der Waals surface area contributed by atoms with Crippen LogP contribution < -0.4 is 16.8 Å². The summed E-state index contributed by atoms with van der Waals surface area (Å²) in [4.78, 5) is 12.2. The summed E-state index contributed by atoms with van der Waals surface area (Å²) in [6, 6.07) is 14.4. The van der Waals surface area contributed by atoms with Crippen molar-refractivity contribution in [2.75, 3.05) is 11.5 Å². The van der Waals surface area contributed by atoms with E-state index in [1.807, 2.05) is 38.1 Å². The zero-order chi connectivity index (χ0) is 19.8. The van der Waals surface area contributed by atoms with Crippen LogP contribution in [0, 0.1) is 5.92 Å². The number of anilines is 2. The number of aromatic nitrogens is 1. The lowest BCUT2D eigenvalue weighted by Gasteiger charge is -2.26. The van der Waals surface area contributed by atoms with Gasteiger partial charge < -0.3 is 21.4 Å². The number of nitrogens with two attached hydrogens (primary N) is 2. The molecule has 1 unspecified atom stereocenters. The van der Waals surface area contributed by atoms with Gasteiger partial charge in [-0.25, -0.2) is 0 Å². The quantitative estimate of drug-likeness (QED) is 0.609. The van der Waals surface area contributed by atoms with Crippen LogP contribution in [0.4, 0.5) is 11.4 Å². The molecule has 1 amide bonds. The molecule has 0 radical (unpaired) electrons. The first-order valence-electron chi connectivity index (χ1n) is 9.96. The summed E-state index contributed by atoms with van der Waals surface area (Å²) in [7, 11) is 0. The minimum absolute atomic E-state index is 0.00178. The van der Waals surface area contributed by atoms with Gasteiger partial charge in [-0.05, 0) is 60.7 Å². The molecule has 0 bridgehead atoms. The summed E-state index contributed by atoms with van der Waals surface area (Å²) in [6.07, 6.45) is 2.74. The molecule has 5 N–H and O–H groups in total. The predicted molar refractivity (Wildman–Crippen MR) is 115 cm³/mol. The highest BCUT2D eigenvalue weighted by molar-refractivity contribution is 5.89. The van der Waals surface area contributed by atoms with Gasteiger partial charge >= 0.3 is 0 Å². The maximum absolute atomic E-state index is 12.2. The molecular formula is C23H28N4O. The molecule has 3 aromatic rings. The largest absolute Gasteiger partial charge is 0.399 e. The van der Waals surface area contributed by atoms with Crippen LogP contribution in [0.3, 0.4) is 0 Å². The fraction of sp³-hybridized carbons (Fsp3) is 0.348. The Hall–Kier alpha value is -2.95. The number of hydrogen-bond acceptors (Lipinski definition) is 3. The summed E-state index contributed by atoms with van der Waals surface area (Å²) < 4.78 is 2.39. The number of nitrogen functional groups attached to an aromatic ring is 2. The SMILES string of the molecule is CC(C)C(=O)NC1CCc2c(c3cc(N)ccc3n2Cc2cccc(N)c2)C1. The van der Waals surface area contributed by atoms with E-state index in [0.717, 1.165) is 37.2 Å². The first kappa shape index (κ1) is 18.4. The second kappa shape index (κ2) is 7.23. The number of nitrogens with one attached hydrogen (secondary N) is 1. The van der Waals surface area contributed by atoms with Crippen molar-refractivity contribution in [2.24, 2.45) is 5.92 Å². The van der Waals surface area contributed by atoms with E-state index in [4.69, 9.17) is 11.5 Å². The van der Waals surface area contributed by atoms with Gasteiger partial charge in [0.1, 0.15) is 0 Å². The highest BCUT2D eigenvalue weighted by atomic mass is 16.1. The number of fused-ring (bicyclic) bond motifs is 3. The summed E-state index contributed by atoms with van der Waals surface area (Å²) in [5, 5.41) is 4.41. The average Bonchev–Trinajstić information content (AvgIpc) is 2.94. The van der Waals surface area contributed by atoms with E-state index in [0.29, 0.717) is 0 Å². The summed E-state index contributed by atoms with van der Waals surface area (Å²) in [5.41, 5.74) is 18.7. The maximum Gasteiger partial charge on any atom is 0.222 e. The molecule has 0 aliphatic heterocycles. The Balaban J connectivity index is 1.73. The highest BCUT2D eigenvalue weighted by Gasteiger charge is 2.27. The molecule has 4 rings (SSSR count). The fourth-order valence-corrected chi connectivity index (χ4v) is 4.21. The number of nitrogens with zero attached hydrogens (tertiary/aromatic N) is 1. The van der Waals surface area contributed by atoms with E-state index in [9.17, 15) is 4.79 Å². The van der Waals surface area contributed by atoms with Crippen LogP contribution in [0.25, 0.3) is 10.9 Å². The zero-order valence-corrected chi connectivity index (χ0v) is 16.5. The number of rotatable bonds is 4. The van der Waals surface area contributed by atoms with Crippen molar-refractivity contribution in [2.45, 2.75) is 45.7 Å². The van der Waals surface area contributed by atoms with E-state index < -0.39 is 0 Å². The van der Waals surface area contributed by atoms with Gasteiger partial charge in [0.15, 0.2) is 0 Å². The molecule has 1 atom stereocenters. The third-order valence-corrected chi connectivity index (χ3v) is 5.65. The molecule has 28 heavy (non-hydrogen) atoms. The summed E-state index contributed by atoms with van der Waals surface area (Å²) in [5.74, 6) is 0.124.